The van der Waals surface area contributed by atoms with Gasteiger partial charge in [0.1, 0.15) is 5.82 Å². The minimum atomic E-state index is -4.84. The van der Waals surface area contributed by atoms with Crippen molar-refractivity contribution in [2.75, 3.05) is 18.1 Å². The van der Waals surface area contributed by atoms with E-state index in [1.165, 1.54) is 21.6 Å². The van der Waals surface area contributed by atoms with E-state index < -0.39 is 33.9 Å². The van der Waals surface area contributed by atoms with Gasteiger partial charge in [0.25, 0.3) is 5.91 Å². The number of amides is 1. The second-order valence-electron chi connectivity index (χ2n) is 4.33. The largest absolute Gasteiger partial charge is 0.481 e. The number of benzene rings is 1. The lowest BCUT2D eigenvalue weighted by Gasteiger charge is -2.12. The van der Waals surface area contributed by atoms with Crippen LogP contribution >= 0.6 is 37.5 Å². The molecule has 1 aromatic carbocycles. The van der Waals surface area contributed by atoms with Gasteiger partial charge in [0.2, 0.25) is 0 Å². The molecule has 0 atom stereocenters. The summed E-state index contributed by atoms with van der Waals surface area (Å²) in [6.45, 7) is 0.207. The van der Waals surface area contributed by atoms with E-state index in [0.717, 1.165) is 6.07 Å². The highest BCUT2D eigenvalue weighted by atomic mass is 79.9. The van der Waals surface area contributed by atoms with Gasteiger partial charge < -0.3 is 10.4 Å². The van der Waals surface area contributed by atoms with E-state index in [-0.39, 0.29) is 18.5 Å². The van der Waals surface area contributed by atoms with Crippen molar-refractivity contribution >= 4 is 49.4 Å². The second-order valence-corrected chi connectivity index (χ2v) is 7.83. The predicted octanol–water partition coefficient (Wildman–Crippen LogP) is 4.19. The average molecular weight is 450 g/mol. The molecule has 0 bridgehead atoms. The number of rotatable bonds is 8. The quantitative estimate of drug-likeness (QED) is 0.353. The summed E-state index contributed by atoms with van der Waals surface area (Å²) in [6.07, 6.45) is -4.81. The van der Waals surface area contributed by atoms with Gasteiger partial charge in [0, 0.05) is 18.1 Å². The Morgan fingerprint density at radius 1 is 1.21 bits per heavy atom. The lowest BCUT2D eigenvalue weighted by Crippen LogP contribution is -2.26. The third-order valence-electron chi connectivity index (χ3n) is 2.59. The summed E-state index contributed by atoms with van der Waals surface area (Å²) in [5, 5.41) is 10.9. The number of alkyl halides is 3. The molecule has 0 aliphatic heterocycles. The fourth-order valence-electron chi connectivity index (χ4n) is 1.49. The number of nitrogens with one attached hydrogen (secondary N) is 1. The summed E-state index contributed by atoms with van der Waals surface area (Å²) in [5.41, 5.74) is -1.68. The number of hydrogen-bond acceptors (Lipinski definition) is 4. The van der Waals surface area contributed by atoms with Gasteiger partial charge in [-0.05, 0) is 28.1 Å². The van der Waals surface area contributed by atoms with Crippen LogP contribution in [0.1, 0.15) is 22.3 Å². The Hall–Kier alpha value is -0.940. The molecule has 0 aliphatic carbocycles. The van der Waals surface area contributed by atoms with Crippen molar-refractivity contribution in [2.45, 2.75) is 12.6 Å². The van der Waals surface area contributed by atoms with Gasteiger partial charge in [-0.3, -0.25) is 9.59 Å². The first-order valence-electron chi connectivity index (χ1n) is 6.44. The van der Waals surface area contributed by atoms with Crippen LogP contribution in [0, 0.1) is 5.82 Å². The van der Waals surface area contributed by atoms with Gasteiger partial charge in [-0.1, -0.05) is 21.6 Å². The van der Waals surface area contributed by atoms with E-state index >= 15 is 0 Å². The molecule has 2 N–H and O–H groups in total. The molecular weight excluding hydrogens is 438 g/mol. The summed E-state index contributed by atoms with van der Waals surface area (Å²) >= 11 is 2.68. The molecule has 0 saturated heterocycles. The van der Waals surface area contributed by atoms with Gasteiger partial charge in [-0.15, -0.1) is 0 Å². The SMILES string of the molecule is O=C(O)CCSSCCNC(=O)c1ccc(C(F)(F)F)c(F)c1Br. The topological polar surface area (TPSA) is 66.4 Å². The van der Waals surface area contributed by atoms with Gasteiger partial charge in [0.05, 0.1) is 22.0 Å². The molecule has 0 heterocycles. The molecule has 0 unspecified atom stereocenters. The molecule has 134 valence electrons. The minimum Gasteiger partial charge on any atom is -0.481 e. The van der Waals surface area contributed by atoms with Crippen molar-refractivity contribution in [3.05, 3.63) is 33.5 Å². The Morgan fingerprint density at radius 3 is 2.42 bits per heavy atom. The molecule has 0 saturated carbocycles. The van der Waals surface area contributed by atoms with Gasteiger partial charge in [0.15, 0.2) is 0 Å². The number of hydrogen-bond donors (Lipinski definition) is 2. The standard InChI is InChI=1S/C13H12BrF4NO3S2/c14-10-7(1-2-8(11(10)15)13(16,17)18)12(22)19-4-6-24-23-5-3-9(20)21/h1-2H,3-6H2,(H,19,22)(H,20,21). The summed E-state index contributed by atoms with van der Waals surface area (Å²) in [4.78, 5) is 22.2. The zero-order valence-corrected chi connectivity index (χ0v) is 15.2. The van der Waals surface area contributed by atoms with Gasteiger partial charge in [-0.2, -0.15) is 13.2 Å². The maximum absolute atomic E-state index is 13.7. The van der Waals surface area contributed by atoms with Crippen LogP contribution in [0.4, 0.5) is 17.6 Å². The molecule has 0 aliphatic rings. The molecule has 24 heavy (non-hydrogen) atoms. The van der Waals surface area contributed by atoms with Crippen LogP contribution in [0.25, 0.3) is 0 Å². The molecule has 0 spiro atoms. The second kappa shape index (κ2) is 9.52. The van der Waals surface area contributed by atoms with Crippen molar-refractivity contribution < 1.29 is 32.3 Å². The molecule has 0 fully saturated rings. The molecular formula is C13H12BrF4NO3S2. The molecule has 11 heteroatoms. The average Bonchev–Trinajstić information content (AvgIpc) is 2.47. The van der Waals surface area contributed by atoms with Crippen LogP contribution < -0.4 is 5.32 Å². The Labute approximate surface area is 151 Å². The molecule has 0 aromatic heterocycles. The smallest absolute Gasteiger partial charge is 0.419 e. The van der Waals surface area contributed by atoms with E-state index in [1.54, 1.807) is 0 Å². The third kappa shape index (κ3) is 6.52. The van der Waals surface area contributed by atoms with E-state index in [2.05, 4.69) is 21.2 Å². The number of carbonyl (C=O) groups is 2. The summed E-state index contributed by atoms with van der Waals surface area (Å²) < 4.78 is 50.8. The molecule has 1 rings (SSSR count). The van der Waals surface area contributed by atoms with E-state index in [4.69, 9.17) is 5.11 Å². The van der Waals surface area contributed by atoms with Crippen LogP contribution in [-0.4, -0.2) is 35.0 Å². The highest BCUT2D eigenvalue weighted by Gasteiger charge is 2.35. The number of carboxylic acid groups (broad SMARTS) is 1. The highest BCUT2D eigenvalue weighted by molar-refractivity contribution is 9.10. The van der Waals surface area contributed by atoms with Crippen molar-refractivity contribution in [2.24, 2.45) is 0 Å². The number of carbonyl (C=O) groups excluding carboxylic acids is 1. The zero-order chi connectivity index (χ0) is 18.3. The monoisotopic (exact) mass is 449 g/mol. The maximum atomic E-state index is 13.7. The van der Waals surface area contributed by atoms with Gasteiger partial charge in [-0.25, -0.2) is 4.39 Å². The Morgan fingerprint density at radius 2 is 1.83 bits per heavy atom. The summed E-state index contributed by atoms with van der Waals surface area (Å²) in [5.74, 6) is -2.25. The fraction of sp³-hybridized carbons (Fsp3) is 0.385. The van der Waals surface area contributed by atoms with Crippen molar-refractivity contribution in [1.29, 1.82) is 0 Å². The van der Waals surface area contributed by atoms with Crippen LogP contribution in [-0.2, 0) is 11.0 Å². The highest BCUT2D eigenvalue weighted by Crippen LogP contribution is 2.35. The lowest BCUT2D eigenvalue weighted by molar-refractivity contribution is -0.140. The number of carboxylic acids is 1. The first-order valence-corrected chi connectivity index (χ1v) is 9.72. The first kappa shape index (κ1) is 21.1. The number of aliphatic carboxylic acids is 1. The molecule has 0 radical (unpaired) electrons. The minimum absolute atomic E-state index is 0.0296. The van der Waals surface area contributed by atoms with E-state index in [1.807, 2.05) is 0 Å². The van der Waals surface area contributed by atoms with Crippen LogP contribution in [0.2, 0.25) is 0 Å². The van der Waals surface area contributed by atoms with Gasteiger partial charge >= 0.3 is 12.1 Å². The summed E-state index contributed by atoms with van der Waals surface area (Å²) in [7, 11) is 2.68. The van der Waals surface area contributed by atoms with Crippen LogP contribution in [0.15, 0.2) is 16.6 Å². The molecule has 1 aromatic rings. The Kier molecular flexibility index (Phi) is 8.37. The third-order valence-corrected chi connectivity index (χ3v) is 5.77. The van der Waals surface area contributed by atoms with Crippen molar-refractivity contribution in [3.63, 3.8) is 0 Å². The summed E-state index contributed by atoms with van der Waals surface area (Å²) in [6, 6.07) is 1.42. The first-order chi connectivity index (χ1) is 11.1. The Bertz CT molecular complexity index is 614. The number of halogens is 5. The molecule has 4 nitrogen and oxygen atoms in total. The van der Waals surface area contributed by atoms with E-state index in [0.29, 0.717) is 17.6 Å². The predicted molar refractivity (Wildman–Crippen MR) is 88.6 cm³/mol. The van der Waals surface area contributed by atoms with E-state index in [9.17, 15) is 27.2 Å². The van der Waals surface area contributed by atoms with Crippen molar-refractivity contribution in [1.82, 2.24) is 5.32 Å². The van der Waals surface area contributed by atoms with Crippen LogP contribution in [0.5, 0.6) is 0 Å². The van der Waals surface area contributed by atoms with Crippen molar-refractivity contribution in [3.8, 4) is 0 Å². The maximum Gasteiger partial charge on any atom is 0.419 e. The normalized spacial score (nSPS) is 11.4. The molecule has 1 amide bonds. The lowest BCUT2D eigenvalue weighted by atomic mass is 10.1. The zero-order valence-electron chi connectivity index (χ0n) is 12.0. The fourth-order valence-corrected chi connectivity index (χ4v) is 3.90. The van der Waals surface area contributed by atoms with Crippen LogP contribution in [0.3, 0.4) is 0 Å². The Balaban J connectivity index is 2.51.